The molecule has 2 rings (SSSR count). The minimum atomic E-state index is -0.695. The van der Waals surface area contributed by atoms with Crippen molar-refractivity contribution in [2.45, 2.75) is 12.5 Å². The number of piperazine rings is 1. The van der Waals surface area contributed by atoms with Gasteiger partial charge in [0.15, 0.2) is 0 Å². The lowest BCUT2D eigenvalue weighted by Crippen LogP contribution is -2.47. The highest BCUT2D eigenvalue weighted by atomic mass is 16.2. The summed E-state index contributed by atoms with van der Waals surface area (Å²) in [7, 11) is 2.05. The maximum Gasteiger partial charge on any atom is 0.241 e. The summed E-state index contributed by atoms with van der Waals surface area (Å²) in [6.45, 7) is 3.64. The van der Waals surface area contributed by atoms with Gasteiger partial charge in [0.25, 0.3) is 0 Å². The molecule has 1 unspecified atom stereocenters. The van der Waals surface area contributed by atoms with Crippen molar-refractivity contribution in [3.05, 3.63) is 35.9 Å². The first-order valence-corrected chi connectivity index (χ1v) is 7.62. The second-order valence-electron chi connectivity index (χ2n) is 5.61. The summed E-state index contributed by atoms with van der Waals surface area (Å²) in [5.41, 5.74) is 6.67. The highest BCUT2D eigenvalue weighted by Crippen LogP contribution is 2.09. The predicted octanol–water partition coefficient (Wildman–Crippen LogP) is -0.0333. The Morgan fingerprint density at radius 1 is 1.18 bits per heavy atom. The first-order chi connectivity index (χ1) is 10.6. The largest absolute Gasteiger partial charge is 0.354 e. The van der Waals surface area contributed by atoms with Crippen LogP contribution in [0.25, 0.3) is 0 Å². The number of hydrogen-bond donors (Lipinski definition) is 2. The quantitative estimate of drug-likeness (QED) is 0.800. The molecule has 22 heavy (non-hydrogen) atoms. The van der Waals surface area contributed by atoms with Crippen molar-refractivity contribution >= 4 is 11.8 Å². The normalized spacial score (nSPS) is 17.1. The van der Waals surface area contributed by atoms with Crippen LogP contribution >= 0.6 is 0 Å². The van der Waals surface area contributed by atoms with Crippen molar-refractivity contribution in [3.8, 4) is 0 Å². The molecule has 120 valence electrons. The summed E-state index contributed by atoms with van der Waals surface area (Å²) in [4.78, 5) is 28.1. The van der Waals surface area contributed by atoms with E-state index >= 15 is 0 Å². The number of likely N-dealkylation sites (N-methyl/N-ethyl adjacent to an activating group) is 1. The van der Waals surface area contributed by atoms with Crippen molar-refractivity contribution in [3.63, 3.8) is 0 Å². The van der Waals surface area contributed by atoms with Crippen molar-refractivity contribution in [2.75, 3.05) is 39.8 Å². The number of benzene rings is 1. The number of nitrogens with zero attached hydrogens (tertiary/aromatic N) is 2. The molecule has 2 amide bonds. The van der Waals surface area contributed by atoms with Crippen molar-refractivity contribution in [1.29, 1.82) is 0 Å². The van der Waals surface area contributed by atoms with Gasteiger partial charge in [-0.05, 0) is 12.6 Å². The fourth-order valence-electron chi connectivity index (χ4n) is 2.43. The summed E-state index contributed by atoms with van der Waals surface area (Å²) in [6.07, 6.45) is 0.316. The summed E-state index contributed by atoms with van der Waals surface area (Å²) in [6, 6.07) is 8.51. The van der Waals surface area contributed by atoms with Crippen LogP contribution in [-0.2, 0) is 9.59 Å². The molecule has 1 aliphatic heterocycles. The number of nitrogens with one attached hydrogen (secondary N) is 1. The zero-order valence-electron chi connectivity index (χ0n) is 13.0. The highest BCUT2D eigenvalue weighted by molar-refractivity contribution is 5.83. The molecule has 1 aliphatic rings. The van der Waals surface area contributed by atoms with Crippen LogP contribution in [0.2, 0.25) is 0 Å². The molecule has 1 atom stereocenters. The van der Waals surface area contributed by atoms with Crippen LogP contribution in [0.4, 0.5) is 0 Å². The molecule has 0 aliphatic carbocycles. The van der Waals surface area contributed by atoms with Gasteiger partial charge < -0.3 is 20.9 Å². The molecule has 1 fully saturated rings. The van der Waals surface area contributed by atoms with Gasteiger partial charge in [-0.3, -0.25) is 9.59 Å². The van der Waals surface area contributed by atoms with Gasteiger partial charge in [0, 0.05) is 39.1 Å². The Bertz CT molecular complexity index is 498. The molecule has 0 spiro atoms. The van der Waals surface area contributed by atoms with Crippen LogP contribution in [0, 0.1) is 0 Å². The maximum atomic E-state index is 12.1. The summed E-state index contributed by atoms with van der Waals surface area (Å²) in [5.74, 6) is -0.168. The molecule has 0 radical (unpaired) electrons. The molecule has 1 aromatic carbocycles. The number of rotatable bonds is 5. The first kappa shape index (κ1) is 16.5. The third-order valence-electron chi connectivity index (χ3n) is 3.94. The molecule has 0 bridgehead atoms. The maximum absolute atomic E-state index is 12.1. The summed E-state index contributed by atoms with van der Waals surface area (Å²) < 4.78 is 0. The van der Waals surface area contributed by atoms with Gasteiger partial charge in [0.1, 0.15) is 6.04 Å². The fourth-order valence-corrected chi connectivity index (χ4v) is 2.43. The smallest absolute Gasteiger partial charge is 0.241 e. The van der Waals surface area contributed by atoms with Gasteiger partial charge >= 0.3 is 0 Å². The molecule has 0 saturated carbocycles. The van der Waals surface area contributed by atoms with Gasteiger partial charge in [-0.25, -0.2) is 0 Å². The van der Waals surface area contributed by atoms with E-state index in [9.17, 15) is 9.59 Å². The number of hydrogen-bond acceptors (Lipinski definition) is 4. The average molecular weight is 304 g/mol. The second-order valence-corrected chi connectivity index (χ2v) is 5.61. The number of carbonyl (C=O) groups is 2. The van der Waals surface area contributed by atoms with E-state index in [0.29, 0.717) is 13.0 Å². The molecule has 1 heterocycles. The molecule has 6 nitrogen and oxygen atoms in total. The van der Waals surface area contributed by atoms with Crippen LogP contribution in [0.3, 0.4) is 0 Å². The van der Waals surface area contributed by atoms with E-state index in [1.165, 1.54) is 0 Å². The van der Waals surface area contributed by atoms with Crippen LogP contribution in [0.15, 0.2) is 30.3 Å². The summed E-state index contributed by atoms with van der Waals surface area (Å²) >= 11 is 0. The van der Waals surface area contributed by atoms with E-state index in [-0.39, 0.29) is 11.8 Å². The number of amides is 2. The monoisotopic (exact) mass is 304 g/mol. The number of nitrogens with two attached hydrogens (primary N) is 1. The van der Waals surface area contributed by atoms with E-state index < -0.39 is 6.04 Å². The van der Waals surface area contributed by atoms with Crippen molar-refractivity contribution in [2.24, 2.45) is 5.73 Å². The van der Waals surface area contributed by atoms with Gasteiger partial charge in [-0.1, -0.05) is 30.3 Å². The molecule has 1 aromatic rings. The van der Waals surface area contributed by atoms with E-state index in [1.54, 1.807) is 0 Å². The Hall–Kier alpha value is -1.92. The van der Waals surface area contributed by atoms with Crippen LogP contribution in [-0.4, -0.2) is 61.4 Å². The molecule has 6 heteroatoms. The fraction of sp³-hybridized carbons (Fsp3) is 0.500. The van der Waals surface area contributed by atoms with Crippen LogP contribution < -0.4 is 11.1 Å². The Balaban J connectivity index is 1.71. The SMILES string of the molecule is CN1CCN(C(=O)CCNC(=O)C(N)c2ccccc2)CC1. The third kappa shape index (κ3) is 4.54. The molecule has 0 aromatic heterocycles. The van der Waals surface area contributed by atoms with Gasteiger partial charge in [-0.15, -0.1) is 0 Å². The highest BCUT2D eigenvalue weighted by Gasteiger charge is 2.19. The van der Waals surface area contributed by atoms with Crippen LogP contribution in [0.5, 0.6) is 0 Å². The third-order valence-corrected chi connectivity index (χ3v) is 3.94. The standard InChI is InChI=1S/C16H24N4O2/c1-19-9-11-20(12-10-19)14(21)7-8-18-16(22)15(17)13-5-3-2-4-6-13/h2-6,15H,7-12,17H2,1H3,(H,18,22). The van der Waals surface area contributed by atoms with Crippen LogP contribution in [0.1, 0.15) is 18.0 Å². The van der Waals surface area contributed by atoms with Gasteiger partial charge in [0.05, 0.1) is 0 Å². The molecular weight excluding hydrogens is 280 g/mol. The lowest BCUT2D eigenvalue weighted by molar-refractivity contribution is -0.132. The minimum Gasteiger partial charge on any atom is -0.354 e. The second kappa shape index (κ2) is 7.91. The minimum absolute atomic E-state index is 0.0849. The lowest BCUT2D eigenvalue weighted by atomic mass is 10.1. The zero-order valence-corrected chi connectivity index (χ0v) is 13.0. The molecule has 3 N–H and O–H groups in total. The van der Waals surface area contributed by atoms with E-state index in [0.717, 1.165) is 31.7 Å². The van der Waals surface area contributed by atoms with E-state index in [2.05, 4.69) is 10.2 Å². The Kier molecular flexibility index (Phi) is 5.91. The van der Waals surface area contributed by atoms with E-state index in [4.69, 9.17) is 5.73 Å². The van der Waals surface area contributed by atoms with Crippen molar-refractivity contribution in [1.82, 2.24) is 15.1 Å². The number of carbonyl (C=O) groups excluding carboxylic acids is 2. The predicted molar refractivity (Wildman–Crippen MR) is 85.1 cm³/mol. The molecular formula is C16H24N4O2. The Morgan fingerprint density at radius 2 is 1.82 bits per heavy atom. The van der Waals surface area contributed by atoms with Crippen molar-refractivity contribution < 1.29 is 9.59 Å². The Morgan fingerprint density at radius 3 is 2.45 bits per heavy atom. The van der Waals surface area contributed by atoms with Gasteiger partial charge in [-0.2, -0.15) is 0 Å². The first-order valence-electron chi connectivity index (χ1n) is 7.62. The lowest BCUT2D eigenvalue weighted by Gasteiger charge is -2.32. The summed E-state index contributed by atoms with van der Waals surface area (Å²) in [5, 5.41) is 2.74. The topological polar surface area (TPSA) is 78.7 Å². The average Bonchev–Trinajstić information content (AvgIpc) is 2.55. The Labute approximate surface area is 131 Å². The van der Waals surface area contributed by atoms with Gasteiger partial charge in [0.2, 0.25) is 11.8 Å². The van der Waals surface area contributed by atoms with E-state index in [1.807, 2.05) is 42.3 Å². The zero-order chi connectivity index (χ0) is 15.9. The molecule has 1 saturated heterocycles.